The topological polar surface area (TPSA) is 286 Å². The second-order valence-electron chi connectivity index (χ2n) is 16.9. The number of nitrogens with two attached hydrogens (primary N) is 1. The highest BCUT2D eigenvalue weighted by Gasteiger charge is 2.46. The number of hydrogen-bond acceptors (Lipinski definition) is 16. The minimum atomic E-state index is -5.45. The fourth-order valence-corrected chi connectivity index (χ4v) is 8.80. The number of carbonyl (C=O) groups excluding carboxylic acids is 2. The fourth-order valence-electron chi connectivity index (χ4n) is 6.69. The largest absolute Gasteiger partial charge is 0.481 e. The maximum Gasteiger partial charge on any atom is 0.481 e. The van der Waals surface area contributed by atoms with Crippen LogP contribution in [0.25, 0.3) is 0 Å². The molecule has 1 aliphatic rings. The summed E-state index contributed by atoms with van der Waals surface area (Å²) in [5, 5.41) is 30.2. The van der Waals surface area contributed by atoms with E-state index in [1.165, 1.54) is 6.07 Å². The number of aromatic nitrogens is 2. The van der Waals surface area contributed by atoms with E-state index in [9.17, 15) is 48.6 Å². The second kappa shape index (κ2) is 37.6. The van der Waals surface area contributed by atoms with Crippen molar-refractivity contribution in [1.29, 1.82) is 0 Å². The van der Waals surface area contributed by atoms with Gasteiger partial charge in [0.15, 0.2) is 12.3 Å². The lowest BCUT2D eigenvalue weighted by molar-refractivity contribution is -0.161. The van der Waals surface area contributed by atoms with Gasteiger partial charge in [-0.2, -0.15) is 9.29 Å². The number of esters is 2. The number of carbonyl (C=O) groups is 2. The number of aliphatic hydroxyl groups excluding tert-OH is 3. The standard InChI is InChI=1S/C50H79N3O16P2/c1-3-4-5-6-7-8-9-10-12-16-19-22-25-28-31-34-45(55)64-38-42(67-46(56)35-32-29-26-23-20-17-14-11-13-15-18-21-24-27-30-33-41(2)54)39-65-70(60,61)69-71(62,63)66-40-43-47(57)48(58)49(68-43)53-37-36-44(51)52-50(53)59/h4-5,7-8,10,12-15,17,21,23-24,26,36-37,41-43,47-49,54,57-58H,3,6,9,11,16,18-20,22,25,27-35,38-40H2,1-2H3,(H,60,61)(H,62,63)(H2,51,52,59)/b5-4-,8-7-,12-10-,15-13-,17-14-,24-21-,26-23-/t41-,42+,43+,47+,48+,49+/m0/s1. The number of phosphoric acid groups is 2. The molecule has 0 spiro atoms. The molecule has 1 aromatic heterocycles. The van der Waals surface area contributed by atoms with Crippen molar-refractivity contribution in [1.82, 2.24) is 9.55 Å². The summed E-state index contributed by atoms with van der Waals surface area (Å²) in [6, 6.07) is 1.24. The molecule has 0 radical (unpaired) electrons. The predicted molar refractivity (Wildman–Crippen MR) is 271 cm³/mol. The van der Waals surface area contributed by atoms with Gasteiger partial charge in [0.25, 0.3) is 0 Å². The lowest BCUT2D eigenvalue weighted by Gasteiger charge is -2.21. The van der Waals surface area contributed by atoms with E-state index >= 15 is 0 Å². The highest BCUT2D eigenvalue weighted by molar-refractivity contribution is 7.61. The fraction of sp³-hybridized carbons (Fsp3) is 0.600. The number of aliphatic hydroxyl groups is 3. The number of nitrogen functional groups attached to an aromatic ring is 1. The van der Waals surface area contributed by atoms with E-state index in [2.05, 4.69) is 83.1 Å². The number of phosphoric ester groups is 2. The summed E-state index contributed by atoms with van der Waals surface area (Å²) in [4.78, 5) is 61.8. The van der Waals surface area contributed by atoms with Crippen LogP contribution in [0.2, 0.25) is 0 Å². The molecule has 0 bridgehead atoms. The van der Waals surface area contributed by atoms with Crippen molar-refractivity contribution in [3.63, 3.8) is 0 Å². The van der Waals surface area contributed by atoms with Crippen molar-refractivity contribution < 1.29 is 71.4 Å². The SMILES string of the molecule is CC/C=C\C/C=C\C/C=C\CCCCCCCC(=O)OC[C@H](COP(=O)(O)OP(=O)(O)OC[C@H]1O[C@@H](n2ccc(N)nc2=O)[C@H](O)[C@@H]1O)OC(=O)CCC/C=C\C/C=C\C/C=C\C/C=C\CCC[C@H](C)O. The molecule has 0 aromatic carbocycles. The normalized spacial score (nSPS) is 20.3. The molecular formula is C50H79N3O16P2. The lowest BCUT2D eigenvalue weighted by Crippen LogP contribution is -2.36. The summed E-state index contributed by atoms with van der Waals surface area (Å²) in [7, 11) is -10.9. The molecule has 1 fully saturated rings. The first kappa shape index (κ1) is 63.0. The highest BCUT2D eigenvalue weighted by Crippen LogP contribution is 2.60. The minimum Gasteiger partial charge on any atom is -0.462 e. The molecule has 0 aliphatic carbocycles. The Bertz CT molecular complexity index is 2030. The zero-order valence-corrected chi connectivity index (χ0v) is 43.1. The summed E-state index contributed by atoms with van der Waals surface area (Å²) < 4.78 is 56.6. The Balaban J connectivity index is 1.85. The smallest absolute Gasteiger partial charge is 0.462 e. The molecule has 0 saturated carbocycles. The van der Waals surface area contributed by atoms with Crippen LogP contribution in [0.15, 0.2) is 102 Å². The first-order valence-electron chi connectivity index (χ1n) is 24.6. The van der Waals surface area contributed by atoms with Crippen molar-refractivity contribution in [2.24, 2.45) is 0 Å². The molecule has 21 heteroatoms. The third kappa shape index (κ3) is 31.2. The van der Waals surface area contributed by atoms with Gasteiger partial charge in [-0.25, -0.2) is 13.9 Å². The van der Waals surface area contributed by atoms with E-state index in [4.69, 9.17) is 29.0 Å². The molecule has 71 heavy (non-hydrogen) atoms. The van der Waals surface area contributed by atoms with E-state index < -0.39 is 83.7 Å². The van der Waals surface area contributed by atoms with Gasteiger partial charge in [-0.3, -0.25) is 23.2 Å². The van der Waals surface area contributed by atoms with Crippen LogP contribution in [-0.4, -0.2) is 96.9 Å². The second-order valence-corrected chi connectivity index (χ2v) is 19.9. The molecule has 1 aromatic rings. The molecule has 8 atom stereocenters. The van der Waals surface area contributed by atoms with Crippen molar-refractivity contribution in [3.05, 3.63) is 108 Å². The van der Waals surface area contributed by atoms with Gasteiger partial charge in [0.2, 0.25) is 0 Å². The van der Waals surface area contributed by atoms with Gasteiger partial charge in [-0.1, -0.05) is 111 Å². The van der Waals surface area contributed by atoms with Crippen molar-refractivity contribution in [2.45, 2.75) is 173 Å². The molecule has 2 unspecified atom stereocenters. The molecular weight excluding hydrogens is 961 g/mol. The number of allylic oxidation sites excluding steroid dienone is 14. The Morgan fingerprint density at radius 3 is 1.85 bits per heavy atom. The molecule has 2 rings (SSSR count). The van der Waals surface area contributed by atoms with E-state index in [1.54, 1.807) is 6.92 Å². The monoisotopic (exact) mass is 1040 g/mol. The van der Waals surface area contributed by atoms with Crippen LogP contribution in [0.3, 0.4) is 0 Å². The molecule has 400 valence electrons. The lowest BCUT2D eigenvalue weighted by atomic mass is 10.1. The van der Waals surface area contributed by atoms with Crippen molar-refractivity contribution >= 4 is 33.4 Å². The number of hydrogen-bond donors (Lipinski definition) is 6. The Kier molecular flexibility index (Phi) is 33.4. The summed E-state index contributed by atoms with van der Waals surface area (Å²) in [5.74, 6) is -1.41. The summed E-state index contributed by atoms with van der Waals surface area (Å²) in [6.45, 7) is 1.50. The number of nitrogens with zero attached hydrogens (tertiary/aromatic N) is 2. The summed E-state index contributed by atoms with van der Waals surface area (Å²) >= 11 is 0. The Labute approximate surface area is 419 Å². The summed E-state index contributed by atoms with van der Waals surface area (Å²) in [6.07, 6.45) is 36.6. The zero-order chi connectivity index (χ0) is 52.2. The van der Waals surface area contributed by atoms with Crippen LogP contribution in [0, 0.1) is 0 Å². The third-order valence-electron chi connectivity index (χ3n) is 10.5. The van der Waals surface area contributed by atoms with Gasteiger partial charge >= 0.3 is 33.3 Å². The quantitative estimate of drug-likeness (QED) is 0.0155. The highest BCUT2D eigenvalue weighted by atomic mass is 31.3. The van der Waals surface area contributed by atoms with Gasteiger partial charge in [0.1, 0.15) is 30.7 Å². The van der Waals surface area contributed by atoms with Crippen LogP contribution in [0.1, 0.15) is 142 Å². The van der Waals surface area contributed by atoms with E-state index in [1.807, 2.05) is 18.2 Å². The van der Waals surface area contributed by atoms with Gasteiger partial charge in [-0.05, 0) is 103 Å². The number of rotatable bonds is 39. The van der Waals surface area contributed by atoms with Crippen molar-refractivity contribution in [2.75, 3.05) is 25.6 Å². The third-order valence-corrected chi connectivity index (χ3v) is 13.1. The number of ether oxygens (including phenoxy) is 3. The first-order chi connectivity index (χ1) is 34.0. The minimum absolute atomic E-state index is 0.0463. The maximum atomic E-state index is 12.8. The van der Waals surface area contributed by atoms with Gasteiger partial charge in [0.05, 0.1) is 19.3 Å². The van der Waals surface area contributed by atoms with E-state index in [0.717, 1.165) is 94.2 Å². The average molecular weight is 1040 g/mol. The van der Waals surface area contributed by atoms with Crippen LogP contribution in [0.4, 0.5) is 5.82 Å². The molecule has 2 heterocycles. The van der Waals surface area contributed by atoms with E-state index in [0.29, 0.717) is 25.7 Å². The summed E-state index contributed by atoms with van der Waals surface area (Å²) in [5.41, 5.74) is 4.57. The van der Waals surface area contributed by atoms with Crippen LogP contribution < -0.4 is 11.4 Å². The first-order valence-corrected chi connectivity index (χ1v) is 27.6. The predicted octanol–water partition coefficient (Wildman–Crippen LogP) is 8.86. The Morgan fingerprint density at radius 1 is 0.732 bits per heavy atom. The van der Waals surface area contributed by atoms with Gasteiger partial charge in [-0.15, -0.1) is 0 Å². The molecule has 7 N–H and O–H groups in total. The Morgan fingerprint density at radius 2 is 1.25 bits per heavy atom. The maximum absolute atomic E-state index is 12.8. The van der Waals surface area contributed by atoms with Crippen molar-refractivity contribution in [3.8, 4) is 0 Å². The number of anilines is 1. The molecule has 1 saturated heterocycles. The van der Waals surface area contributed by atoms with Gasteiger partial charge < -0.3 is 45.1 Å². The molecule has 0 amide bonds. The van der Waals surface area contributed by atoms with Crippen LogP contribution >= 0.6 is 15.6 Å². The Hall–Kier alpha value is -4.10. The molecule has 19 nitrogen and oxygen atoms in total. The van der Waals surface area contributed by atoms with Crippen LogP contribution in [0.5, 0.6) is 0 Å². The van der Waals surface area contributed by atoms with Crippen LogP contribution in [-0.2, 0) is 46.3 Å². The van der Waals surface area contributed by atoms with Gasteiger partial charge in [0, 0.05) is 19.0 Å². The number of unbranched alkanes of at least 4 members (excludes halogenated alkanes) is 7. The zero-order valence-electron chi connectivity index (χ0n) is 41.4. The average Bonchev–Trinajstić information content (AvgIpc) is 3.59. The van der Waals surface area contributed by atoms with E-state index in [-0.39, 0.29) is 24.8 Å². The molecule has 1 aliphatic heterocycles.